The molecule has 1 aliphatic rings. The molecule has 1 heterocycles. The molecular formula is C13H18N2O3S. The molecule has 0 spiro atoms. The number of aryl methyl sites for hydroxylation is 1. The lowest BCUT2D eigenvalue weighted by Gasteiger charge is -2.29. The maximum absolute atomic E-state index is 11.8. The van der Waals surface area contributed by atoms with Gasteiger partial charge < -0.3 is 5.73 Å². The molecular weight excluding hydrogens is 264 g/mol. The summed E-state index contributed by atoms with van der Waals surface area (Å²) in [7, 11) is -3.25. The van der Waals surface area contributed by atoms with Gasteiger partial charge in [-0.05, 0) is 43.1 Å². The fraction of sp³-hybridized carbons (Fsp3) is 0.462. The van der Waals surface area contributed by atoms with Crippen molar-refractivity contribution >= 4 is 21.5 Å². The van der Waals surface area contributed by atoms with Gasteiger partial charge in [-0.15, -0.1) is 0 Å². The lowest BCUT2D eigenvalue weighted by molar-refractivity contribution is 0.0985. The third-order valence-electron chi connectivity index (χ3n) is 3.25. The van der Waals surface area contributed by atoms with E-state index in [1.54, 1.807) is 18.2 Å². The van der Waals surface area contributed by atoms with E-state index in [2.05, 4.69) is 0 Å². The molecule has 2 N–H and O–H groups in total. The maximum Gasteiger partial charge on any atom is 0.232 e. The molecule has 0 radical (unpaired) electrons. The molecule has 0 bridgehead atoms. The fourth-order valence-corrected chi connectivity index (χ4v) is 3.35. The number of rotatable bonds is 4. The first kappa shape index (κ1) is 14.0. The van der Waals surface area contributed by atoms with Crippen molar-refractivity contribution in [1.82, 2.24) is 0 Å². The zero-order chi connectivity index (χ0) is 14.0. The van der Waals surface area contributed by atoms with Gasteiger partial charge in [-0.1, -0.05) is 0 Å². The monoisotopic (exact) mass is 282 g/mol. The predicted octanol–water partition coefficient (Wildman–Crippen LogP) is 0.930. The molecule has 0 amide bonds. The van der Waals surface area contributed by atoms with Crippen LogP contribution < -0.4 is 10.0 Å². The van der Waals surface area contributed by atoms with Gasteiger partial charge in [0.2, 0.25) is 10.0 Å². The number of sulfonamides is 1. The second-order valence-corrected chi connectivity index (χ2v) is 6.65. The van der Waals surface area contributed by atoms with Crippen LogP contribution in [0.1, 0.15) is 28.8 Å². The van der Waals surface area contributed by atoms with E-state index in [1.165, 1.54) is 10.6 Å². The molecule has 0 fully saturated rings. The molecule has 0 saturated carbocycles. The van der Waals surface area contributed by atoms with Gasteiger partial charge in [-0.3, -0.25) is 9.10 Å². The van der Waals surface area contributed by atoms with E-state index in [0.717, 1.165) is 18.4 Å². The van der Waals surface area contributed by atoms with E-state index >= 15 is 0 Å². The standard InChI is InChI=1S/C13H18N2O3S/c1-19(17,18)15-8-2-3-10-9-11(4-5-12(10)15)13(16)6-7-14/h4-5,9H,2-3,6-8,14H2,1H3. The largest absolute Gasteiger partial charge is 0.330 e. The number of carbonyl (C=O) groups is 1. The number of hydrogen-bond donors (Lipinski definition) is 1. The zero-order valence-electron chi connectivity index (χ0n) is 10.9. The Morgan fingerprint density at radius 2 is 2.16 bits per heavy atom. The van der Waals surface area contributed by atoms with Crippen molar-refractivity contribution in [3.05, 3.63) is 29.3 Å². The quantitative estimate of drug-likeness (QED) is 0.833. The Kier molecular flexibility index (Phi) is 3.91. The van der Waals surface area contributed by atoms with Gasteiger partial charge in [-0.2, -0.15) is 0 Å². The van der Waals surface area contributed by atoms with E-state index in [0.29, 0.717) is 30.8 Å². The van der Waals surface area contributed by atoms with E-state index in [4.69, 9.17) is 5.73 Å². The van der Waals surface area contributed by atoms with Crippen molar-refractivity contribution < 1.29 is 13.2 Å². The highest BCUT2D eigenvalue weighted by Crippen LogP contribution is 2.30. The first-order chi connectivity index (χ1) is 8.93. The number of ketones is 1. The molecule has 0 saturated heterocycles. The first-order valence-corrected chi connectivity index (χ1v) is 8.12. The van der Waals surface area contributed by atoms with Crippen LogP contribution in [0.25, 0.3) is 0 Å². The number of nitrogens with zero attached hydrogens (tertiary/aromatic N) is 1. The Morgan fingerprint density at radius 3 is 2.79 bits per heavy atom. The van der Waals surface area contributed by atoms with Gasteiger partial charge in [0.05, 0.1) is 11.9 Å². The average Bonchev–Trinajstić information content (AvgIpc) is 2.36. The van der Waals surface area contributed by atoms with Gasteiger partial charge in [0.25, 0.3) is 0 Å². The second kappa shape index (κ2) is 5.30. The predicted molar refractivity (Wildman–Crippen MR) is 75.0 cm³/mol. The summed E-state index contributed by atoms with van der Waals surface area (Å²) in [6.45, 7) is 0.827. The van der Waals surface area contributed by atoms with Crippen LogP contribution in [0.3, 0.4) is 0 Å². The molecule has 2 rings (SSSR count). The number of benzene rings is 1. The zero-order valence-corrected chi connectivity index (χ0v) is 11.7. The van der Waals surface area contributed by atoms with Crippen LogP contribution in [0.4, 0.5) is 5.69 Å². The van der Waals surface area contributed by atoms with Gasteiger partial charge in [0.1, 0.15) is 0 Å². The molecule has 104 valence electrons. The Morgan fingerprint density at radius 1 is 1.42 bits per heavy atom. The summed E-state index contributed by atoms with van der Waals surface area (Å²) in [5, 5.41) is 0. The van der Waals surface area contributed by atoms with Crippen molar-refractivity contribution in [3.63, 3.8) is 0 Å². The van der Waals surface area contributed by atoms with Crippen LogP contribution in [0.2, 0.25) is 0 Å². The number of hydrogen-bond acceptors (Lipinski definition) is 4. The summed E-state index contributed by atoms with van der Waals surface area (Å²) in [6, 6.07) is 5.20. The van der Waals surface area contributed by atoms with Crippen LogP contribution in [0.5, 0.6) is 0 Å². The van der Waals surface area contributed by atoms with Gasteiger partial charge in [-0.25, -0.2) is 8.42 Å². The normalized spacial score (nSPS) is 15.2. The summed E-state index contributed by atoms with van der Waals surface area (Å²) in [6.07, 6.45) is 3.09. The Labute approximate surface area is 113 Å². The fourth-order valence-electron chi connectivity index (χ4n) is 2.36. The third kappa shape index (κ3) is 2.96. The average molecular weight is 282 g/mol. The number of Topliss-reactive ketones (excluding diaryl/α,β-unsaturated/α-hetero) is 1. The Hall–Kier alpha value is -1.40. The number of nitrogens with two attached hydrogens (primary N) is 1. The number of fused-ring (bicyclic) bond motifs is 1. The van der Waals surface area contributed by atoms with Gasteiger partial charge >= 0.3 is 0 Å². The van der Waals surface area contributed by atoms with Crippen molar-refractivity contribution in [2.75, 3.05) is 23.7 Å². The number of carbonyl (C=O) groups excluding carboxylic acids is 1. The van der Waals surface area contributed by atoms with E-state index < -0.39 is 10.0 Å². The molecule has 5 nitrogen and oxygen atoms in total. The molecule has 0 aromatic heterocycles. The van der Waals surface area contributed by atoms with Crippen LogP contribution in [0, 0.1) is 0 Å². The molecule has 6 heteroatoms. The van der Waals surface area contributed by atoms with E-state index in [1.807, 2.05) is 0 Å². The van der Waals surface area contributed by atoms with Crippen molar-refractivity contribution in [3.8, 4) is 0 Å². The van der Waals surface area contributed by atoms with Crippen LogP contribution in [-0.2, 0) is 16.4 Å². The molecule has 19 heavy (non-hydrogen) atoms. The summed E-state index contributed by atoms with van der Waals surface area (Å²) in [5.74, 6) is 0.00165. The summed E-state index contributed by atoms with van der Waals surface area (Å²) in [5.41, 5.74) is 7.59. The topological polar surface area (TPSA) is 80.5 Å². The smallest absolute Gasteiger partial charge is 0.232 e. The van der Waals surface area contributed by atoms with E-state index in [-0.39, 0.29) is 5.78 Å². The van der Waals surface area contributed by atoms with Gasteiger partial charge in [0, 0.05) is 18.5 Å². The Bertz CT molecular complexity index is 596. The minimum Gasteiger partial charge on any atom is -0.330 e. The number of anilines is 1. The van der Waals surface area contributed by atoms with Gasteiger partial charge in [0.15, 0.2) is 5.78 Å². The first-order valence-electron chi connectivity index (χ1n) is 6.27. The third-order valence-corrected chi connectivity index (χ3v) is 4.43. The minimum absolute atomic E-state index is 0.00165. The second-order valence-electron chi connectivity index (χ2n) is 4.74. The van der Waals surface area contributed by atoms with Crippen LogP contribution in [0.15, 0.2) is 18.2 Å². The highest BCUT2D eigenvalue weighted by atomic mass is 32.2. The van der Waals surface area contributed by atoms with Crippen molar-refractivity contribution in [2.45, 2.75) is 19.3 Å². The molecule has 0 aliphatic carbocycles. The summed E-state index contributed by atoms with van der Waals surface area (Å²) >= 11 is 0. The van der Waals surface area contributed by atoms with Crippen molar-refractivity contribution in [1.29, 1.82) is 0 Å². The van der Waals surface area contributed by atoms with Crippen LogP contribution in [-0.4, -0.2) is 33.5 Å². The molecule has 1 aromatic carbocycles. The molecule has 1 aliphatic heterocycles. The highest BCUT2D eigenvalue weighted by Gasteiger charge is 2.24. The summed E-state index contributed by atoms with van der Waals surface area (Å²) in [4.78, 5) is 11.8. The maximum atomic E-state index is 11.8. The molecule has 0 atom stereocenters. The van der Waals surface area contributed by atoms with Crippen molar-refractivity contribution in [2.24, 2.45) is 5.73 Å². The highest BCUT2D eigenvalue weighted by molar-refractivity contribution is 7.92. The molecule has 0 unspecified atom stereocenters. The summed E-state index contributed by atoms with van der Waals surface area (Å²) < 4.78 is 24.8. The lowest BCUT2D eigenvalue weighted by Crippen LogP contribution is -2.34. The Balaban J connectivity index is 2.39. The van der Waals surface area contributed by atoms with Crippen LogP contribution >= 0.6 is 0 Å². The van der Waals surface area contributed by atoms with E-state index in [9.17, 15) is 13.2 Å². The SMILES string of the molecule is CS(=O)(=O)N1CCCc2cc(C(=O)CCN)ccc21. The minimum atomic E-state index is -3.25. The lowest BCUT2D eigenvalue weighted by atomic mass is 9.98. The molecule has 1 aromatic rings.